The maximum Gasteiger partial charge on any atom is 0.266 e. The predicted octanol–water partition coefficient (Wildman–Crippen LogP) is 4.84. The predicted molar refractivity (Wildman–Crippen MR) is 124 cm³/mol. The van der Waals surface area contributed by atoms with Gasteiger partial charge in [-0.2, -0.15) is 0 Å². The van der Waals surface area contributed by atoms with Crippen molar-refractivity contribution in [1.82, 2.24) is 4.90 Å². The van der Waals surface area contributed by atoms with E-state index in [0.29, 0.717) is 35.9 Å². The van der Waals surface area contributed by atoms with Crippen LogP contribution >= 0.6 is 0 Å². The minimum absolute atomic E-state index is 0.0890. The van der Waals surface area contributed by atoms with Crippen LogP contribution < -0.4 is 9.64 Å². The van der Waals surface area contributed by atoms with E-state index in [0.717, 1.165) is 10.7 Å². The molecule has 1 aliphatic rings. The number of amides is 3. The first-order valence-electron chi connectivity index (χ1n) is 10.9. The molecule has 170 valence electrons. The van der Waals surface area contributed by atoms with Crippen molar-refractivity contribution in [3.63, 3.8) is 0 Å². The Hall–Kier alpha value is -3.87. The highest BCUT2D eigenvalue weighted by Gasteiger charge is 2.37. The van der Waals surface area contributed by atoms with Crippen molar-refractivity contribution in [3.8, 4) is 5.75 Å². The SMILES string of the molecule is CCOc1ccc(N2C(=O)c3ccc(C(=O)N(Cc4ccc(C)o4)C(C)C)cc3C2=O)cc1. The van der Waals surface area contributed by atoms with Crippen LogP contribution in [0.15, 0.2) is 59.0 Å². The number of carbonyl (C=O) groups is 3. The third-order valence-corrected chi connectivity index (χ3v) is 5.55. The Labute approximate surface area is 192 Å². The van der Waals surface area contributed by atoms with E-state index in [-0.39, 0.29) is 23.1 Å². The number of carbonyl (C=O) groups excluding carboxylic acids is 3. The zero-order chi connectivity index (χ0) is 23.7. The number of benzene rings is 2. The molecular formula is C26H26N2O5. The van der Waals surface area contributed by atoms with Crippen LogP contribution in [0, 0.1) is 6.92 Å². The number of furan rings is 1. The molecule has 7 heteroatoms. The molecule has 0 saturated carbocycles. The zero-order valence-electron chi connectivity index (χ0n) is 19.1. The Bertz CT molecular complexity index is 1210. The van der Waals surface area contributed by atoms with Crippen molar-refractivity contribution in [2.24, 2.45) is 0 Å². The largest absolute Gasteiger partial charge is 0.494 e. The van der Waals surface area contributed by atoms with Crippen LogP contribution in [0.4, 0.5) is 5.69 Å². The first kappa shape index (κ1) is 22.3. The fourth-order valence-electron chi connectivity index (χ4n) is 3.86. The molecule has 33 heavy (non-hydrogen) atoms. The lowest BCUT2D eigenvalue weighted by molar-refractivity contribution is 0.0675. The summed E-state index contributed by atoms with van der Waals surface area (Å²) >= 11 is 0. The summed E-state index contributed by atoms with van der Waals surface area (Å²) in [5.41, 5.74) is 1.30. The molecule has 2 aromatic carbocycles. The average Bonchev–Trinajstić information content (AvgIpc) is 3.32. The monoisotopic (exact) mass is 446 g/mol. The smallest absolute Gasteiger partial charge is 0.266 e. The van der Waals surface area contributed by atoms with Gasteiger partial charge in [0.25, 0.3) is 17.7 Å². The van der Waals surface area contributed by atoms with Crippen molar-refractivity contribution in [2.45, 2.75) is 40.3 Å². The van der Waals surface area contributed by atoms with E-state index >= 15 is 0 Å². The average molecular weight is 447 g/mol. The van der Waals surface area contributed by atoms with Crippen molar-refractivity contribution >= 4 is 23.4 Å². The summed E-state index contributed by atoms with van der Waals surface area (Å²) in [6.07, 6.45) is 0. The molecule has 0 aliphatic carbocycles. The lowest BCUT2D eigenvalue weighted by atomic mass is 10.0. The maximum absolute atomic E-state index is 13.3. The lowest BCUT2D eigenvalue weighted by Crippen LogP contribution is -2.36. The summed E-state index contributed by atoms with van der Waals surface area (Å²) < 4.78 is 11.1. The quantitative estimate of drug-likeness (QED) is 0.485. The fourth-order valence-corrected chi connectivity index (χ4v) is 3.86. The van der Waals surface area contributed by atoms with Crippen LogP contribution in [0.2, 0.25) is 0 Å². The molecule has 4 rings (SSSR count). The normalized spacial score (nSPS) is 12.9. The molecule has 0 radical (unpaired) electrons. The van der Waals surface area contributed by atoms with Gasteiger partial charge in [-0.3, -0.25) is 14.4 Å². The number of anilines is 1. The van der Waals surface area contributed by atoms with E-state index < -0.39 is 11.8 Å². The van der Waals surface area contributed by atoms with E-state index in [4.69, 9.17) is 9.15 Å². The second kappa shape index (κ2) is 8.94. The van der Waals surface area contributed by atoms with Crippen LogP contribution in [0.3, 0.4) is 0 Å². The molecule has 0 spiro atoms. The number of aryl methyl sites for hydroxylation is 1. The molecule has 2 heterocycles. The van der Waals surface area contributed by atoms with Crippen LogP contribution in [0.1, 0.15) is 63.4 Å². The number of fused-ring (bicyclic) bond motifs is 1. The molecule has 1 aromatic heterocycles. The highest BCUT2D eigenvalue weighted by Crippen LogP contribution is 2.30. The first-order chi connectivity index (χ1) is 15.8. The lowest BCUT2D eigenvalue weighted by Gasteiger charge is -2.26. The number of ether oxygens (including phenoxy) is 1. The molecule has 3 amide bonds. The Morgan fingerprint density at radius 2 is 1.70 bits per heavy atom. The number of hydrogen-bond donors (Lipinski definition) is 0. The Balaban J connectivity index is 1.60. The summed E-state index contributed by atoms with van der Waals surface area (Å²) in [5, 5.41) is 0. The van der Waals surface area contributed by atoms with Crippen molar-refractivity contribution in [1.29, 1.82) is 0 Å². The van der Waals surface area contributed by atoms with Gasteiger partial charge >= 0.3 is 0 Å². The molecule has 0 fully saturated rings. The minimum Gasteiger partial charge on any atom is -0.494 e. The topological polar surface area (TPSA) is 80.1 Å². The molecule has 0 bridgehead atoms. The van der Waals surface area contributed by atoms with Gasteiger partial charge in [-0.1, -0.05) is 0 Å². The molecule has 0 atom stereocenters. The number of nitrogens with zero attached hydrogens (tertiary/aromatic N) is 2. The number of rotatable bonds is 7. The van der Waals surface area contributed by atoms with Gasteiger partial charge in [-0.15, -0.1) is 0 Å². The van der Waals surface area contributed by atoms with Crippen LogP contribution in [0.5, 0.6) is 5.75 Å². The summed E-state index contributed by atoms with van der Waals surface area (Å²) in [7, 11) is 0. The Morgan fingerprint density at radius 3 is 2.30 bits per heavy atom. The molecule has 0 saturated heterocycles. The Morgan fingerprint density at radius 1 is 1.00 bits per heavy atom. The van der Waals surface area contributed by atoms with Gasteiger partial charge < -0.3 is 14.1 Å². The molecule has 0 unspecified atom stereocenters. The molecule has 1 aliphatic heterocycles. The van der Waals surface area contributed by atoms with Crippen LogP contribution in [0.25, 0.3) is 0 Å². The summed E-state index contributed by atoms with van der Waals surface area (Å²) in [6.45, 7) is 8.41. The Kier molecular flexibility index (Phi) is 6.05. The standard InChI is InChI=1S/C26H26N2O5/c1-5-32-20-11-8-19(9-12-20)28-25(30)22-13-7-18(14-23(22)26(28)31)24(29)27(16(2)3)15-21-10-6-17(4)33-21/h6-14,16H,5,15H2,1-4H3. The number of hydrogen-bond acceptors (Lipinski definition) is 5. The first-order valence-corrected chi connectivity index (χ1v) is 10.9. The van der Waals surface area contributed by atoms with Gasteiger partial charge in [0, 0.05) is 11.6 Å². The maximum atomic E-state index is 13.3. The highest BCUT2D eigenvalue weighted by molar-refractivity contribution is 6.34. The molecule has 7 nitrogen and oxygen atoms in total. The third-order valence-electron chi connectivity index (χ3n) is 5.55. The van der Waals surface area contributed by atoms with E-state index in [1.165, 1.54) is 6.07 Å². The van der Waals surface area contributed by atoms with Gasteiger partial charge in [0.1, 0.15) is 17.3 Å². The van der Waals surface area contributed by atoms with Gasteiger partial charge in [-0.25, -0.2) is 4.90 Å². The van der Waals surface area contributed by atoms with Gasteiger partial charge in [0.15, 0.2) is 0 Å². The second-order valence-corrected chi connectivity index (χ2v) is 8.17. The van der Waals surface area contributed by atoms with E-state index in [2.05, 4.69) is 0 Å². The van der Waals surface area contributed by atoms with Crippen molar-refractivity contribution in [3.05, 3.63) is 82.8 Å². The van der Waals surface area contributed by atoms with Gasteiger partial charge in [0.2, 0.25) is 0 Å². The van der Waals surface area contributed by atoms with Gasteiger partial charge in [0.05, 0.1) is 30.0 Å². The second-order valence-electron chi connectivity index (χ2n) is 8.17. The van der Waals surface area contributed by atoms with Gasteiger partial charge in [-0.05, 0) is 82.3 Å². The highest BCUT2D eigenvalue weighted by atomic mass is 16.5. The van der Waals surface area contributed by atoms with Crippen molar-refractivity contribution < 1.29 is 23.5 Å². The van der Waals surface area contributed by atoms with E-state index in [1.54, 1.807) is 41.3 Å². The number of imide groups is 1. The zero-order valence-corrected chi connectivity index (χ0v) is 19.1. The fraction of sp³-hybridized carbons (Fsp3) is 0.269. The van der Waals surface area contributed by atoms with E-state index in [1.807, 2.05) is 39.8 Å². The third kappa shape index (κ3) is 4.26. The molecule has 3 aromatic rings. The minimum atomic E-state index is -0.452. The van der Waals surface area contributed by atoms with E-state index in [9.17, 15) is 14.4 Å². The summed E-state index contributed by atoms with van der Waals surface area (Å²) in [5.74, 6) is 1.02. The van der Waals surface area contributed by atoms with Crippen molar-refractivity contribution in [2.75, 3.05) is 11.5 Å². The van der Waals surface area contributed by atoms with Crippen LogP contribution in [-0.2, 0) is 6.54 Å². The molecule has 0 N–H and O–H groups in total. The summed E-state index contributed by atoms with van der Waals surface area (Å²) in [4.78, 5) is 42.2. The molecular weight excluding hydrogens is 420 g/mol. The summed E-state index contributed by atoms with van der Waals surface area (Å²) in [6, 6.07) is 15.0. The van der Waals surface area contributed by atoms with Crippen LogP contribution in [-0.4, -0.2) is 35.3 Å².